The van der Waals surface area contributed by atoms with Crippen molar-refractivity contribution in [2.45, 2.75) is 38.8 Å². The molecule has 0 radical (unpaired) electrons. The Balaban J connectivity index is 1.77. The Kier molecular flexibility index (Phi) is 5.85. The van der Waals surface area contributed by atoms with Crippen molar-refractivity contribution in [2.24, 2.45) is 0 Å². The van der Waals surface area contributed by atoms with Crippen LogP contribution in [0.5, 0.6) is 0 Å². The van der Waals surface area contributed by atoms with Crippen LogP contribution in [0.4, 0.5) is 15.8 Å². The second-order valence-electron chi connectivity index (χ2n) is 7.95. The lowest BCUT2D eigenvalue weighted by atomic mass is 9.89. The number of benzene rings is 3. The van der Waals surface area contributed by atoms with E-state index in [0.717, 1.165) is 22.5 Å². The second-order valence-corrected chi connectivity index (χ2v) is 7.95. The van der Waals surface area contributed by atoms with Gasteiger partial charge in [-0.3, -0.25) is 9.59 Å². The summed E-state index contributed by atoms with van der Waals surface area (Å²) in [5.41, 5.74) is 3.36. The van der Waals surface area contributed by atoms with Crippen molar-refractivity contribution in [2.75, 3.05) is 9.80 Å². The molecule has 158 valence electrons. The molecule has 0 unspecified atom stereocenters. The molecule has 3 aromatic carbocycles. The fourth-order valence-electron chi connectivity index (χ4n) is 4.45. The van der Waals surface area contributed by atoms with E-state index in [1.807, 2.05) is 66.4 Å². The summed E-state index contributed by atoms with van der Waals surface area (Å²) in [6, 6.07) is 23.1. The minimum atomic E-state index is -0.324. The molecule has 0 fully saturated rings. The molecule has 1 aliphatic rings. The van der Waals surface area contributed by atoms with E-state index in [-0.39, 0.29) is 36.1 Å². The van der Waals surface area contributed by atoms with Crippen LogP contribution in [0.1, 0.15) is 37.4 Å². The van der Waals surface area contributed by atoms with Gasteiger partial charge >= 0.3 is 0 Å². The van der Waals surface area contributed by atoms with Gasteiger partial charge in [0, 0.05) is 24.3 Å². The number of halogens is 1. The van der Waals surface area contributed by atoms with E-state index >= 15 is 0 Å². The van der Waals surface area contributed by atoms with E-state index in [0.29, 0.717) is 6.42 Å². The van der Waals surface area contributed by atoms with Gasteiger partial charge in [0.05, 0.1) is 12.5 Å². The zero-order valence-electron chi connectivity index (χ0n) is 17.7. The van der Waals surface area contributed by atoms with E-state index in [2.05, 4.69) is 0 Å². The van der Waals surface area contributed by atoms with Crippen LogP contribution in [0.15, 0.2) is 78.9 Å². The fourth-order valence-corrected chi connectivity index (χ4v) is 4.45. The standard InChI is InChI=1S/C26H25FN2O2/c1-18-16-25(23-10-6-7-11-24(23)28(18)19(2)30)29(22-8-4-3-5-9-22)26(31)17-20-12-14-21(27)15-13-20/h3-15,18,25H,16-17H2,1-2H3/t18-,25-/m0/s1. The third-order valence-electron chi connectivity index (χ3n) is 5.78. The van der Waals surface area contributed by atoms with E-state index in [9.17, 15) is 14.0 Å². The molecule has 5 heteroatoms. The van der Waals surface area contributed by atoms with Crippen molar-refractivity contribution in [1.29, 1.82) is 0 Å². The van der Waals surface area contributed by atoms with Crippen molar-refractivity contribution < 1.29 is 14.0 Å². The maximum atomic E-state index is 13.6. The Labute approximate surface area is 181 Å². The van der Waals surface area contributed by atoms with Crippen LogP contribution < -0.4 is 9.80 Å². The Bertz CT molecular complexity index is 1080. The molecule has 2 amide bonds. The summed E-state index contributed by atoms with van der Waals surface area (Å²) in [4.78, 5) is 29.6. The van der Waals surface area contributed by atoms with Gasteiger partial charge in [0.15, 0.2) is 0 Å². The topological polar surface area (TPSA) is 40.6 Å². The molecule has 0 saturated carbocycles. The van der Waals surface area contributed by atoms with Crippen LogP contribution in [0.2, 0.25) is 0 Å². The highest BCUT2D eigenvalue weighted by Gasteiger charge is 2.37. The average Bonchev–Trinajstić information content (AvgIpc) is 2.76. The molecule has 0 spiro atoms. The van der Waals surface area contributed by atoms with Crippen LogP contribution in [-0.4, -0.2) is 17.9 Å². The molecule has 3 aromatic rings. The van der Waals surface area contributed by atoms with Gasteiger partial charge in [0.1, 0.15) is 5.82 Å². The summed E-state index contributed by atoms with van der Waals surface area (Å²) in [6.07, 6.45) is 0.791. The van der Waals surface area contributed by atoms with Gasteiger partial charge in [0.2, 0.25) is 11.8 Å². The van der Waals surface area contributed by atoms with Crippen molar-refractivity contribution in [3.05, 3.63) is 95.8 Å². The normalized spacial score (nSPS) is 17.7. The lowest BCUT2D eigenvalue weighted by molar-refractivity contribution is -0.118. The van der Waals surface area contributed by atoms with Crippen LogP contribution in [-0.2, 0) is 16.0 Å². The number of amides is 2. The largest absolute Gasteiger partial charge is 0.309 e. The third kappa shape index (κ3) is 4.22. The number of fused-ring (bicyclic) bond motifs is 1. The van der Waals surface area contributed by atoms with Crippen molar-refractivity contribution in [3.63, 3.8) is 0 Å². The number of rotatable bonds is 4. The van der Waals surface area contributed by atoms with Crippen molar-refractivity contribution >= 4 is 23.2 Å². The van der Waals surface area contributed by atoms with Gasteiger partial charge in [-0.2, -0.15) is 0 Å². The number of hydrogen-bond acceptors (Lipinski definition) is 2. The average molecular weight is 416 g/mol. The summed E-state index contributed by atoms with van der Waals surface area (Å²) >= 11 is 0. The first-order valence-corrected chi connectivity index (χ1v) is 10.5. The molecule has 1 aliphatic heterocycles. The molecule has 4 rings (SSSR count). The Morgan fingerprint density at radius 2 is 1.61 bits per heavy atom. The highest BCUT2D eigenvalue weighted by molar-refractivity contribution is 5.98. The smallest absolute Gasteiger partial charge is 0.231 e. The number of nitrogens with zero attached hydrogens (tertiary/aromatic N) is 2. The van der Waals surface area contributed by atoms with E-state index in [1.54, 1.807) is 24.0 Å². The zero-order valence-corrected chi connectivity index (χ0v) is 17.7. The van der Waals surface area contributed by atoms with Gasteiger partial charge in [-0.1, -0.05) is 48.5 Å². The van der Waals surface area contributed by atoms with E-state index in [4.69, 9.17) is 0 Å². The number of anilines is 2. The molecule has 1 heterocycles. The SMILES string of the molecule is CC(=O)N1c2ccccc2[C@@H](N(C(=O)Cc2ccc(F)cc2)c2ccccc2)C[C@@H]1C. The summed E-state index contributed by atoms with van der Waals surface area (Å²) in [6.45, 7) is 3.58. The monoisotopic (exact) mass is 416 g/mol. The number of carbonyl (C=O) groups is 2. The predicted octanol–water partition coefficient (Wildman–Crippen LogP) is 5.29. The highest BCUT2D eigenvalue weighted by Crippen LogP contribution is 2.42. The summed E-state index contributed by atoms with van der Waals surface area (Å²) in [7, 11) is 0. The van der Waals surface area contributed by atoms with Crippen LogP contribution in [0, 0.1) is 5.82 Å². The predicted molar refractivity (Wildman–Crippen MR) is 120 cm³/mol. The van der Waals surface area contributed by atoms with Gasteiger partial charge in [-0.05, 0) is 54.8 Å². The number of carbonyl (C=O) groups excluding carboxylic acids is 2. The van der Waals surface area contributed by atoms with E-state index in [1.165, 1.54) is 12.1 Å². The molecule has 31 heavy (non-hydrogen) atoms. The first-order valence-electron chi connectivity index (χ1n) is 10.5. The fraction of sp³-hybridized carbons (Fsp3) is 0.231. The van der Waals surface area contributed by atoms with Crippen LogP contribution in [0.25, 0.3) is 0 Å². The molecular formula is C26H25FN2O2. The molecule has 2 atom stereocenters. The van der Waals surface area contributed by atoms with Crippen molar-refractivity contribution in [1.82, 2.24) is 0 Å². The minimum absolute atomic E-state index is 0.0118. The lowest BCUT2D eigenvalue weighted by Crippen LogP contribution is -2.47. The maximum absolute atomic E-state index is 13.6. The van der Waals surface area contributed by atoms with E-state index < -0.39 is 0 Å². The molecule has 0 bridgehead atoms. The van der Waals surface area contributed by atoms with Crippen LogP contribution in [0.3, 0.4) is 0 Å². The quantitative estimate of drug-likeness (QED) is 0.580. The van der Waals surface area contributed by atoms with Gasteiger partial charge in [-0.15, -0.1) is 0 Å². The van der Waals surface area contributed by atoms with Crippen molar-refractivity contribution in [3.8, 4) is 0 Å². The molecular weight excluding hydrogens is 391 g/mol. The summed E-state index contributed by atoms with van der Waals surface area (Å²) < 4.78 is 13.3. The Morgan fingerprint density at radius 1 is 0.968 bits per heavy atom. The molecule has 0 aliphatic carbocycles. The van der Waals surface area contributed by atoms with Gasteiger partial charge in [-0.25, -0.2) is 4.39 Å². The first-order chi connectivity index (χ1) is 15.0. The zero-order chi connectivity index (χ0) is 22.0. The molecule has 0 saturated heterocycles. The molecule has 0 N–H and O–H groups in total. The number of para-hydroxylation sites is 2. The lowest BCUT2D eigenvalue weighted by Gasteiger charge is -2.43. The minimum Gasteiger partial charge on any atom is -0.309 e. The molecule has 0 aromatic heterocycles. The van der Waals surface area contributed by atoms with Gasteiger partial charge < -0.3 is 9.80 Å². The summed E-state index contributed by atoms with van der Waals surface area (Å²) in [5, 5.41) is 0. The second kappa shape index (κ2) is 8.72. The summed E-state index contributed by atoms with van der Waals surface area (Å²) in [5.74, 6) is -0.404. The third-order valence-corrected chi connectivity index (χ3v) is 5.78. The van der Waals surface area contributed by atoms with Crippen LogP contribution >= 0.6 is 0 Å². The maximum Gasteiger partial charge on any atom is 0.231 e. The van der Waals surface area contributed by atoms with Gasteiger partial charge in [0.25, 0.3) is 0 Å². The molecule has 4 nitrogen and oxygen atoms in total. The first kappa shape index (κ1) is 20.8. The Hall–Kier alpha value is -3.47. The Morgan fingerprint density at radius 3 is 2.29 bits per heavy atom. The number of hydrogen-bond donors (Lipinski definition) is 0. The highest BCUT2D eigenvalue weighted by atomic mass is 19.1.